The maximum absolute atomic E-state index is 12.0. The van der Waals surface area contributed by atoms with Gasteiger partial charge in [-0.3, -0.25) is 4.79 Å². The quantitative estimate of drug-likeness (QED) is 0.766. The molecule has 0 saturated heterocycles. The van der Waals surface area contributed by atoms with Crippen LogP contribution in [-0.2, 0) is 17.6 Å². The predicted molar refractivity (Wildman–Crippen MR) is 91.4 cm³/mol. The normalized spacial score (nSPS) is 9.96. The van der Waals surface area contributed by atoms with Crippen molar-refractivity contribution in [2.24, 2.45) is 0 Å². The number of hydrogen-bond donors (Lipinski definition) is 3. The number of carbonyl (C=O) groups excluding carboxylic acids is 2. The Kier molecular flexibility index (Phi) is 6.17. The van der Waals surface area contributed by atoms with Gasteiger partial charge in [0.05, 0.1) is 6.42 Å². The van der Waals surface area contributed by atoms with Crippen molar-refractivity contribution in [3.8, 4) is 0 Å². The molecule has 0 spiro atoms. The van der Waals surface area contributed by atoms with Gasteiger partial charge in [-0.25, -0.2) is 4.79 Å². The Morgan fingerprint density at radius 2 is 1.65 bits per heavy atom. The number of anilines is 1. The van der Waals surface area contributed by atoms with Gasteiger partial charge >= 0.3 is 6.03 Å². The molecule has 2 aromatic carbocycles. The van der Waals surface area contributed by atoms with Gasteiger partial charge in [-0.15, -0.1) is 0 Å². The topological polar surface area (TPSA) is 70.2 Å². The fourth-order valence-corrected chi connectivity index (χ4v) is 2.19. The number of amides is 3. The molecule has 0 aliphatic carbocycles. The molecule has 5 heteroatoms. The summed E-state index contributed by atoms with van der Waals surface area (Å²) in [6.07, 6.45) is 1.01. The summed E-state index contributed by atoms with van der Waals surface area (Å²) < 4.78 is 0. The van der Waals surface area contributed by atoms with Gasteiger partial charge in [0, 0.05) is 19.3 Å². The van der Waals surface area contributed by atoms with Crippen molar-refractivity contribution in [3.05, 3.63) is 65.7 Å². The van der Waals surface area contributed by atoms with Gasteiger partial charge in [0.2, 0.25) is 5.91 Å². The van der Waals surface area contributed by atoms with E-state index in [4.69, 9.17) is 0 Å². The zero-order chi connectivity index (χ0) is 16.5. The van der Waals surface area contributed by atoms with E-state index in [0.29, 0.717) is 12.2 Å². The first kappa shape index (κ1) is 16.5. The van der Waals surface area contributed by atoms with Gasteiger partial charge < -0.3 is 16.0 Å². The van der Waals surface area contributed by atoms with Crippen molar-refractivity contribution in [3.63, 3.8) is 0 Å². The third kappa shape index (κ3) is 5.47. The largest absolute Gasteiger partial charge is 0.359 e. The van der Waals surface area contributed by atoms with Crippen LogP contribution in [0.4, 0.5) is 10.5 Å². The highest BCUT2D eigenvalue weighted by Crippen LogP contribution is 2.15. The van der Waals surface area contributed by atoms with Crippen LogP contribution in [-0.4, -0.2) is 25.5 Å². The van der Waals surface area contributed by atoms with Crippen LogP contribution >= 0.6 is 0 Å². The predicted octanol–water partition coefficient (Wildman–Crippen LogP) is 2.34. The molecule has 0 aliphatic heterocycles. The SMILES string of the molecule is CNC(=O)Cc1ccccc1NC(=O)NCCc1ccccc1. The number of benzene rings is 2. The second kappa shape index (κ2) is 8.58. The summed E-state index contributed by atoms with van der Waals surface area (Å²) in [7, 11) is 1.59. The Morgan fingerprint density at radius 1 is 0.957 bits per heavy atom. The highest BCUT2D eigenvalue weighted by Gasteiger charge is 2.08. The van der Waals surface area contributed by atoms with E-state index < -0.39 is 0 Å². The molecule has 3 N–H and O–H groups in total. The lowest BCUT2D eigenvalue weighted by molar-refractivity contribution is -0.119. The second-order valence-electron chi connectivity index (χ2n) is 5.12. The summed E-state index contributed by atoms with van der Waals surface area (Å²) in [5.74, 6) is -0.0938. The minimum Gasteiger partial charge on any atom is -0.359 e. The van der Waals surface area contributed by atoms with Crippen LogP contribution < -0.4 is 16.0 Å². The Labute approximate surface area is 136 Å². The van der Waals surface area contributed by atoms with Crippen LogP contribution in [0, 0.1) is 0 Å². The summed E-state index contributed by atoms with van der Waals surface area (Å²) in [6.45, 7) is 0.549. The van der Waals surface area contributed by atoms with E-state index in [-0.39, 0.29) is 18.4 Å². The number of likely N-dealkylation sites (N-methyl/N-ethyl adjacent to an activating group) is 1. The molecule has 0 bridgehead atoms. The molecule has 0 fully saturated rings. The minimum absolute atomic E-state index is 0.0938. The standard InChI is InChI=1S/C18H21N3O2/c1-19-17(22)13-15-9-5-6-10-16(15)21-18(23)20-12-11-14-7-3-2-4-8-14/h2-10H,11-13H2,1H3,(H,19,22)(H2,20,21,23). The van der Waals surface area contributed by atoms with E-state index in [0.717, 1.165) is 12.0 Å². The molecule has 23 heavy (non-hydrogen) atoms. The van der Waals surface area contributed by atoms with E-state index in [1.807, 2.05) is 48.5 Å². The second-order valence-corrected chi connectivity index (χ2v) is 5.12. The van der Waals surface area contributed by atoms with Gasteiger partial charge in [-0.2, -0.15) is 0 Å². The molecule has 5 nitrogen and oxygen atoms in total. The molecular weight excluding hydrogens is 290 g/mol. The Hall–Kier alpha value is -2.82. The van der Waals surface area contributed by atoms with Crippen molar-refractivity contribution < 1.29 is 9.59 Å². The van der Waals surface area contributed by atoms with Gasteiger partial charge in [-0.05, 0) is 23.6 Å². The van der Waals surface area contributed by atoms with Crippen LogP contribution in [0.25, 0.3) is 0 Å². The molecule has 2 rings (SSSR count). The van der Waals surface area contributed by atoms with Crippen LogP contribution in [0.1, 0.15) is 11.1 Å². The Balaban J connectivity index is 1.86. The number of para-hydroxylation sites is 1. The molecule has 0 radical (unpaired) electrons. The van der Waals surface area contributed by atoms with Crippen molar-refractivity contribution in [2.75, 3.05) is 18.9 Å². The van der Waals surface area contributed by atoms with Crippen molar-refractivity contribution in [1.29, 1.82) is 0 Å². The van der Waals surface area contributed by atoms with Crippen LogP contribution in [0.3, 0.4) is 0 Å². The molecule has 0 aromatic heterocycles. The van der Waals surface area contributed by atoms with Gasteiger partial charge in [-0.1, -0.05) is 48.5 Å². The van der Waals surface area contributed by atoms with Crippen LogP contribution in [0.2, 0.25) is 0 Å². The maximum atomic E-state index is 12.0. The lowest BCUT2D eigenvalue weighted by atomic mass is 10.1. The van der Waals surface area contributed by atoms with E-state index in [2.05, 4.69) is 16.0 Å². The summed E-state index contributed by atoms with van der Waals surface area (Å²) in [5.41, 5.74) is 2.60. The van der Waals surface area contributed by atoms with Gasteiger partial charge in [0.1, 0.15) is 0 Å². The lowest BCUT2D eigenvalue weighted by Crippen LogP contribution is -2.31. The fraction of sp³-hybridized carbons (Fsp3) is 0.222. The smallest absolute Gasteiger partial charge is 0.319 e. The average molecular weight is 311 g/mol. The molecule has 3 amide bonds. The van der Waals surface area contributed by atoms with Crippen molar-refractivity contribution in [1.82, 2.24) is 10.6 Å². The molecule has 0 heterocycles. The van der Waals surface area contributed by atoms with Crippen molar-refractivity contribution >= 4 is 17.6 Å². The number of urea groups is 1. The molecular formula is C18H21N3O2. The molecule has 0 unspecified atom stereocenters. The highest BCUT2D eigenvalue weighted by atomic mass is 16.2. The van der Waals surface area contributed by atoms with Crippen LogP contribution in [0.5, 0.6) is 0 Å². The minimum atomic E-state index is -0.273. The van der Waals surface area contributed by atoms with E-state index in [1.165, 1.54) is 5.56 Å². The Bertz CT molecular complexity index is 656. The lowest BCUT2D eigenvalue weighted by Gasteiger charge is -2.11. The van der Waals surface area contributed by atoms with Crippen molar-refractivity contribution in [2.45, 2.75) is 12.8 Å². The Morgan fingerprint density at radius 3 is 2.39 bits per heavy atom. The highest BCUT2D eigenvalue weighted by molar-refractivity contribution is 5.91. The van der Waals surface area contributed by atoms with E-state index >= 15 is 0 Å². The molecule has 2 aromatic rings. The fourth-order valence-electron chi connectivity index (χ4n) is 2.19. The number of carbonyl (C=O) groups is 2. The molecule has 0 aliphatic rings. The van der Waals surface area contributed by atoms with E-state index in [9.17, 15) is 9.59 Å². The first-order valence-corrected chi connectivity index (χ1v) is 7.56. The van der Waals surface area contributed by atoms with Gasteiger partial charge in [0.15, 0.2) is 0 Å². The van der Waals surface area contributed by atoms with E-state index in [1.54, 1.807) is 13.1 Å². The molecule has 0 saturated carbocycles. The third-order valence-corrected chi connectivity index (χ3v) is 3.44. The van der Waals surface area contributed by atoms with Gasteiger partial charge in [0.25, 0.3) is 0 Å². The number of rotatable bonds is 6. The third-order valence-electron chi connectivity index (χ3n) is 3.44. The zero-order valence-corrected chi connectivity index (χ0v) is 13.1. The number of nitrogens with one attached hydrogen (secondary N) is 3. The summed E-state index contributed by atoms with van der Waals surface area (Å²) in [6, 6.07) is 17.0. The monoisotopic (exact) mass is 311 g/mol. The average Bonchev–Trinajstić information content (AvgIpc) is 2.57. The summed E-state index contributed by atoms with van der Waals surface area (Å²) in [4.78, 5) is 23.5. The first-order chi connectivity index (χ1) is 11.2. The number of hydrogen-bond acceptors (Lipinski definition) is 2. The first-order valence-electron chi connectivity index (χ1n) is 7.56. The summed E-state index contributed by atoms with van der Waals surface area (Å²) in [5, 5.41) is 8.20. The van der Waals surface area contributed by atoms with Crippen LogP contribution in [0.15, 0.2) is 54.6 Å². The maximum Gasteiger partial charge on any atom is 0.319 e. The molecule has 120 valence electrons. The zero-order valence-electron chi connectivity index (χ0n) is 13.1. The molecule has 0 atom stereocenters. The summed E-state index contributed by atoms with van der Waals surface area (Å²) >= 11 is 0.